The number of anilines is 1. The Labute approximate surface area is 117 Å². The van der Waals surface area contributed by atoms with Crippen molar-refractivity contribution in [2.45, 2.75) is 31.7 Å². The molecule has 6 nitrogen and oxygen atoms in total. The van der Waals surface area contributed by atoms with Gasteiger partial charge in [0.15, 0.2) is 0 Å². The molecule has 1 fully saturated rings. The first kappa shape index (κ1) is 14.3. The van der Waals surface area contributed by atoms with Gasteiger partial charge in [-0.05, 0) is 25.0 Å². The molecule has 0 spiro atoms. The van der Waals surface area contributed by atoms with Gasteiger partial charge in [-0.3, -0.25) is 14.6 Å². The monoisotopic (exact) mass is 277 g/mol. The average Bonchev–Trinajstić information content (AvgIpc) is 2.97. The molecule has 2 rings (SSSR count). The standard InChI is InChI=1S/C14H19N3O3/c1-15-14(20)12-8-11(6-7-16-12)17(9-13(18)19)10-4-2-3-5-10/h6-8,10H,2-5,9H2,1H3,(H,15,20)(H,18,19). The van der Waals surface area contributed by atoms with Gasteiger partial charge in [-0.2, -0.15) is 0 Å². The highest BCUT2D eigenvalue weighted by Crippen LogP contribution is 2.28. The first-order valence-electron chi connectivity index (χ1n) is 6.78. The van der Waals surface area contributed by atoms with Crippen LogP contribution in [-0.4, -0.2) is 41.6 Å². The van der Waals surface area contributed by atoms with Gasteiger partial charge in [-0.1, -0.05) is 12.8 Å². The number of aliphatic carboxylic acids is 1. The maximum Gasteiger partial charge on any atom is 0.323 e. The Morgan fingerprint density at radius 2 is 2.15 bits per heavy atom. The second kappa shape index (κ2) is 6.36. The van der Waals surface area contributed by atoms with Gasteiger partial charge < -0.3 is 15.3 Å². The Hall–Kier alpha value is -2.11. The third-order valence-electron chi connectivity index (χ3n) is 3.61. The van der Waals surface area contributed by atoms with E-state index in [0.29, 0.717) is 5.69 Å². The Morgan fingerprint density at radius 3 is 2.75 bits per heavy atom. The SMILES string of the molecule is CNC(=O)c1cc(N(CC(=O)O)C2CCCC2)ccn1. The number of carboxylic acid groups (broad SMARTS) is 1. The molecule has 0 radical (unpaired) electrons. The van der Waals surface area contributed by atoms with E-state index < -0.39 is 5.97 Å². The van der Waals surface area contributed by atoms with E-state index in [1.165, 1.54) is 0 Å². The smallest absolute Gasteiger partial charge is 0.323 e. The molecule has 108 valence electrons. The van der Waals surface area contributed by atoms with Crippen molar-refractivity contribution in [3.8, 4) is 0 Å². The number of aromatic nitrogens is 1. The van der Waals surface area contributed by atoms with Crippen molar-refractivity contribution in [3.05, 3.63) is 24.0 Å². The molecule has 1 heterocycles. The molecular weight excluding hydrogens is 258 g/mol. The minimum atomic E-state index is -0.866. The van der Waals surface area contributed by atoms with Crippen molar-refractivity contribution >= 4 is 17.6 Å². The van der Waals surface area contributed by atoms with E-state index in [4.69, 9.17) is 5.11 Å². The lowest BCUT2D eigenvalue weighted by Gasteiger charge is -2.29. The van der Waals surface area contributed by atoms with E-state index >= 15 is 0 Å². The molecule has 2 N–H and O–H groups in total. The minimum Gasteiger partial charge on any atom is -0.480 e. The fourth-order valence-electron chi connectivity index (χ4n) is 2.64. The van der Waals surface area contributed by atoms with Crippen LogP contribution in [0.2, 0.25) is 0 Å². The highest BCUT2D eigenvalue weighted by molar-refractivity contribution is 5.93. The van der Waals surface area contributed by atoms with Crippen LogP contribution < -0.4 is 10.2 Å². The van der Waals surface area contributed by atoms with Gasteiger partial charge in [0, 0.05) is 25.0 Å². The number of rotatable bonds is 5. The summed E-state index contributed by atoms with van der Waals surface area (Å²) in [6.07, 6.45) is 5.77. The van der Waals surface area contributed by atoms with Crippen molar-refractivity contribution < 1.29 is 14.7 Å². The molecule has 20 heavy (non-hydrogen) atoms. The molecule has 0 bridgehead atoms. The van der Waals surface area contributed by atoms with Gasteiger partial charge in [0.1, 0.15) is 12.2 Å². The lowest BCUT2D eigenvalue weighted by Crippen LogP contribution is -2.37. The van der Waals surface area contributed by atoms with Crippen LogP contribution in [0.3, 0.4) is 0 Å². The molecule has 0 saturated heterocycles. The second-order valence-corrected chi connectivity index (χ2v) is 4.94. The largest absolute Gasteiger partial charge is 0.480 e. The molecular formula is C14H19N3O3. The lowest BCUT2D eigenvalue weighted by atomic mass is 10.1. The summed E-state index contributed by atoms with van der Waals surface area (Å²) in [5.41, 5.74) is 1.05. The van der Waals surface area contributed by atoms with E-state index in [1.54, 1.807) is 25.4 Å². The Balaban J connectivity index is 2.27. The first-order chi connectivity index (χ1) is 9.61. The van der Waals surface area contributed by atoms with Gasteiger partial charge >= 0.3 is 5.97 Å². The molecule has 0 aliphatic heterocycles. The van der Waals surface area contributed by atoms with Crippen molar-refractivity contribution in [3.63, 3.8) is 0 Å². The fraction of sp³-hybridized carbons (Fsp3) is 0.500. The maximum absolute atomic E-state index is 11.6. The molecule has 0 aromatic carbocycles. The van der Waals surface area contributed by atoms with Crippen molar-refractivity contribution in [2.24, 2.45) is 0 Å². The highest BCUT2D eigenvalue weighted by atomic mass is 16.4. The van der Waals surface area contributed by atoms with Gasteiger partial charge in [-0.15, -0.1) is 0 Å². The number of nitrogens with one attached hydrogen (secondary N) is 1. The Kier molecular flexibility index (Phi) is 4.55. The predicted molar refractivity (Wildman–Crippen MR) is 74.9 cm³/mol. The topological polar surface area (TPSA) is 82.5 Å². The molecule has 1 saturated carbocycles. The van der Waals surface area contributed by atoms with Crippen molar-refractivity contribution in [1.82, 2.24) is 10.3 Å². The zero-order valence-corrected chi connectivity index (χ0v) is 11.5. The highest BCUT2D eigenvalue weighted by Gasteiger charge is 2.25. The van der Waals surface area contributed by atoms with Crippen LogP contribution in [-0.2, 0) is 4.79 Å². The number of carbonyl (C=O) groups excluding carboxylic acids is 1. The summed E-state index contributed by atoms with van der Waals surface area (Å²) in [7, 11) is 1.54. The molecule has 0 unspecified atom stereocenters. The number of pyridine rings is 1. The Bertz CT molecular complexity index is 498. The molecule has 1 amide bonds. The third-order valence-corrected chi connectivity index (χ3v) is 3.61. The van der Waals surface area contributed by atoms with Crippen LogP contribution >= 0.6 is 0 Å². The normalized spacial score (nSPS) is 15.1. The van der Waals surface area contributed by atoms with E-state index in [0.717, 1.165) is 31.4 Å². The van der Waals surface area contributed by atoms with Crippen molar-refractivity contribution in [1.29, 1.82) is 0 Å². The van der Waals surface area contributed by atoms with Gasteiger partial charge in [0.25, 0.3) is 5.91 Å². The quantitative estimate of drug-likeness (QED) is 0.847. The van der Waals surface area contributed by atoms with Gasteiger partial charge in [-0.25, -0.2) is 0 Å². The second-order valence-electron chi connectivity index (χ2n) is 4.94. The van der Waals surface area contributed by atoms with E-state index in [9.17, 15) is 9.59 Å². The zero-order valence-electron chi connectivity index (χ0n) is 11.5. The third kappa shape index (κ3) is 3.26. The number of carbonyl (C=O) groups is 2. The molecule has 1 aliphatic carbocycles. The fourth-order valence-corrected chi connectivity index (χ4v) is 2.64. The van der Waals surface area contributed by atoms with E-state index in [1.807, 2.05) is 4.90 Å². The molecule has 0 atom stereocenters. The van der Waals surface area contributed by atoms with Crippen LogP contribution in [0.15, 0.2) is 18.3 Å². The van der Waals surface area contributed by atoms with Crippen LogP contribution in [0.1, 0.15) is 36.2 Å². The number of nitrogens with zero attached hydrogens (tertiary/aromatic N) is 2. The number of carboxylic acids is 1. The summed E-state index contributed by atoms with van der Waals surface area (Å²) < 4.78 is 0. The van der Waals surface area contributed by atoms with Crippen LogP contribution in [0.4, 0.5) is 5.69 Å². The zero-order chi connectivity index (χ0) is 14.5. The summed E-state index contributed by atoms with van der Waals surface area (Å²) in [5.74, 6) is -1.14. The Morgan fingerprint density at radius 1 is 1.45 bits per heavy atom. The van der Waals surface area contributed by atoms with Crippen LogP contribution in [0, 0.1) is 0 Å². The maximum atomic E-state index is 11.6. The van der Waals surface area contributed by atoms with Crippen LogP contribution in [0.5, 0.6) is 0 Å². The summed E-state index contributed by atoms with van der Waals surface area (Å²) in [6, 6.07) is 3.64. The van der Waals surface area contributed by atoms with Gasteiger partial charge in [0.2, 0.25) is 0 Å². The van der Waals surface area contributed by atoms with Crippen molar-refractivity contribution in [2.75, 3.05) is 18.5 Å². The lowest BCUT2D eigenvalue weighted by molar-refractivity contribution is -0.135. The molecule has 1 aromatic rings. The first-order valence-corrected chi connectivity index (χ1v) is 6.78. The summed E-state index contributed by atoms with van der Waals surface area (Å²) in [4.78, 5) is 28.6. The molecule has 6 heteroatoms. The number of amides is 1. The molecule has 1 aromatic heterocycles. The number of hydrogen-bond acceptors (Lipinski definition) is 4. The average molecular weight is 277 g/mol. The number of hydrogen-bond donors (Lipinski definition) is 2. The summed E-state index contributed by atoms with van der Waals surface area (Å²) in [5, 5.41) is 11.6. The van der Waals surface area contributed by atoms with E-state index in [-0.39, 0.29) is 18.5 Å². The minimum absolute atomic E-state index is 0.0537. The molecule has 1 aliphatic rings. The summed E-state index contributed by atoms with van der Waals surface area (Å²) >= 11 is 0. The predicted octanol–water partition coefficient (Wildman–Crippen LogP) is 1.27. The summed E-state index contributed by atoms with van der Waals surface area (Å²) in [6.45, 7) is -0.0537. The van der Waals surface area contributed by atoms with Gasteiger partial charge in [0.05, 0.1) is 0 Å². The van der Waals surface area contributed by atoms with E-state index in [2.05, 4.69) is 10.3 Å². The van der Waals surface area contributed by atoms with Crippen LogP contribution in [0.25, 0.3) is 0 Å².